The maximum Gasteiger partial charge on any atom is 0.183 e. The van der Waals surface area contributed by atoms with Crippen LogP contribution in [0, 0.1) is 0 Å². The van der Waals surface area contributed by atoms with Crippen molar-refractivity contribution in [2.45, 2.75) is 0 Å². The molecular formula is C50H30N4. The topological polar surface area (TPSA) is 51.6 Å². The number of aromatic nitrogens is 4. The van der Waals surface area contributed by atoms with Crippen molar-refractivity contribution in [3.63, 3.8) is 0 Å². The number of nitrogens with zero attached hydrogens (tertiary/aromatic N) is 4. The van der Waals surface area contributed by atoms with Gasteiger partial charge in [-0.2, -0.15) is 0 Å². The van der Waals surface area contributed by atoms with Crippen LogP contribution in [0.25, 0.3) is 110 Å². The van der Waals surface area contributed by atoms with E-state index >= 15 is 0 Å². The van der Waals surface area contributed by atoms with Crippen molar-refractivity contribution in [3.8, 4) is 45.4 Å². The molecule has 0 radical (unpaired) electrons. The first-order valence-electron chi connectivity index (χ1n) is 18.2. The highest BCUT2D eigenvalue weighted by molar-refractivity contribution is 6.25. The zero-order chi connectivity index (χ0) is 35.6. The second kappa shape index (κ2) is 12.1. The molecule has 0 spiro atoms. The molecule has 4 heteroatoms. The molecule has 0 atom stereocenters. The number of para-hydroxylation sites is 1. The van der Waals surface area contributed by atoms with E-state index in [1.807, 2.05) is 48.5 Å². The summed E-state index contributed by atoms with van der Waals surface area (Å²) in [5, 5.41) is 13.1. The van der Waals surface area contributed by atoms with Crippen LogP contribution in [0.5, 0.6) is 0 Å². The van der Waals surface area contributed by atoms with Gasteiger partial charge < -0.3 is 0 Å². The van der Waals surface area contributed by atoms with E-state index in [1.54, 1.807) is 0 Å². The van der Waals surface area contributed by atoms with Crippen LogP contribution < -0.4 is 0 Å². The molecule has 250 valence electrons. The minimum Gasteiger partial charge on any atom is -0.244 e. The third kappa shape index (κ3) is 4.92. The molecule has 54 heavy (non-hydrogen) atoms. The van der Waals surface area contributed by atoms with Crippen LogP contribution in [0.4, 0.5) is 0 Å². The van der Waals surface area contributed by atoms with E-state index in [4.69, 9.17) is 19.9 Å². The Bertz CT molecular complexity index is 3240. The van der Waals surface area contributed by atoms with E-state index in [0.29, 0.717) is 17.5 Å². The van der Waals surface area contributed by atoms with E-state index in [2.05, 4.69) is 133 Å². The van der Waals surface area contributed by atoms with Gasteiger partial charge in [0.15, 0.2) is 17.5 Å². The number of pyridine rings is 1. The van der Waals surface area contributed by atoms with Crippen LogP contribution in [0.1, 0.15) is 0 Å². The van der Waals surface area contributed by atoms with E-state index in [1.165, 1.54) is 37.9 Å². The molecule has 0 bridgehead atoms. The summed E-state index contributed by atoms with van der Waals surface area (Å²) in [5.74, 6) is 1.76. The summed E-state index contributed by atoms with van der Waals surface area (Å²) in [6, 6.07) is 64.2. The summed E-state index contributed by atoms with van der Waals surface area (Å²) in [5.41, 5.74) is 5.83. The molecule has 2 heterocycles. The number of hydrogen-bond acceptors (Lipinski definition) is 4. The molecule has 11 rings (SSSR count). The van der Waals surface area contributed by atoms with Crippen molar-refractivity contribution < 1.29 is 0 Å². The van der Waals surface area contributed by atoms with Gasteiger partial charge in [0.2, 0.25) is 0 Å². The number of hydrogen-bond donors (Lipinski definition) is 0. The molecule has 0 saturated carbocycles. The Kier molecular flexibility index (Phi) is 6.82. The number of benzene rings is 9. The Hall–Kier alpha value is -7.30. The van der Waals surface area contributed by atoms with Gasteiger partial charge in [0.05, 0.1) is 5.52 Å². The van der Waals surface area contributed by atoms with E-state index in [-0.39, 0.29) is 0 Å². The average molecular weight is 687 g/mol. The largest absolute Gasteiger partial charge is 0.244 e. The van der Waals surface area contributed by atoms with Crippen molar-refractivity contribution in [1.82, 2.24) is 19.9 Å². The van der Waals surface area contributed by atoms with Crippen LogP contribution in [0.3, 0.4) is 0 Å². The fourth-order valence-electron chi connectivity index (χ4n) is 8.05. The zero-order valence-corrected chi connectivity index (χ0v) is 29.1. The van der Waals surface area contributed by atoms with Gasteiger partial charge in [-0.25, -0.2) is 19.9 Å². The van der Waals surface area contributed by atoms with E-state index in [9.17, 15) is 0 Å². The highest BCUT2D eigenvalue weighted by Gasteiger charge is 2.18. The van der Waals surface area contributed by atoms with Crippen molar-refractivity contribution >= 4 is 64.8 Å². The van der Waals surface area contributed by atoms with Gasteiger partial charge in [-0.3, -0.25) is 0 Å². The second-order valence-electron chi connectivity index (χ2n) is 13.8. The molecule has 0 saturated heterocycles. The number of fused-ring (bicyclic) bond motifs is 10. The predicted octanol–water partition coefficient (Wildman–Crippen LogP) is 12.9. The first-order valence-corrected chi connectivity index (χ1v) is 18.2. The first kappa shape index (κ1) is 30.3. The molecule has 0 unspecified atom stereocenters. The minimum absolute atomic E-state index is 0.547. The lowest BCUT2D eigenvalue weighted by Gasteiger charge is -2.13. The Balaban J connectivity index is 1.08. The van der Waals surface area contributed by atoms with Crippen LogP contribution >= 0.6 is 0 Å². The van der Waals surface area contributed by atoms with Gasteiger partial charge in [-0.05, 0) is 83.9 Å². The van der Waals surface area contributed by atoms with Gasteiger partial charge in [0.25, 0.3) is 0 Å². The highest BCUT2D eigenvalue weighted by Crippen LogP contribution is 2.38. The monoisotopic (exact) mass is 686 g/mol. The van der Waals surface area contributed by atoms with Crippen molar-refractivity contribution in [2.24, 2.45) is 0 Å². The summed E-state index contributed by atoms with van der Waals surface area (Å²) in [6.07, 6.45) is 0. The normalized spacial score (nSPS) is 11.7. The molecule has 0 fully saturated rings. The number of rotatable bonds is 4. The van der Waals surface area contributed by atoms with Crippen molar-refractivity contribution in [3.05, 3.63) is 182 Å². The zero-order valence-electron chi connectivity index (χ0n) is 29.1. The molecule has 0 aliphatic heterocycles. The SMILES string of the molecule is c1ccc(-c2nc(-c3ccc4ccc(-c5ccc6c7ccccc7c7ccccc7c6c5)cc4c3)nc(-c3nc4ccccc4c4ccccc34)n2)cc1. The van der Waals surface area contributed by atoms with Crippen LogP contribution in [0.2, 0.25) is 0 Å². The molecule has 4 nitrogen and oxygen atoms in total. The molecular weight excluding hydrogens is 657 g/mol. The quantitative estimate of drug-likeness (QED) is 0.173. The Morgan fingerprint density at radius 2 is 0.704 bits per heavy atom. The van der Waals surface area contributed by atoms with Crippen molar-refractivity contribution in [2.75, 3.05) is 0 Å². The van der Waals surface area contributed by atoms with Gasteiger partial charge in [0.1, 0.15) is 5.69 Å². The van der Waals surface area contributed by atoms with E-state index < -0.39 is 0 Å². The molecule has 11 aromatic rings. The molecule has 0 amide bonds. The molecule has 0 aliphatic carbocycles. The Morgan fingerprint density at radius 1 is 0.241 bits per heavy atom. The van der Waals surface area contributed by atoms with Crippen molar-refractivity contribution in [1.29, 1.82) is 0 Å². The fourth-order valence-corrected chi connectivity index (χ4v) is 8.05. The molecule has 2 aromatic heterocycles. The summed E-state index contributed by atoms with van der Waals surface area (Å²) in [4.78, 5) is 20.4. The third-order valence-electron chi connectivity index (χ3n) is 10.7. The average Bonchev–Trinajstić information content (AvgIpc) is 3.26. The maximum absolute atomic E-state index is 5.15. The standard InChI is InChI=1S/C50H30N4/c1-2-12-32(13-3-1)48-52-49(54-50(53-48)47-44-20-9-8-18-41(44)43-19-10-11-21-46(43)51-47)35-25-23-31-22-24-33(28-36(31)29-35)34-26-27-42-39-16-5-4-14-37(39)38-15-6-7-17-40(38)45(42)30-34/h1-30H. The molecule has 0 N–H and O–H groups in total. The van der Waals surface area contributed by atoms with Crippen LogP contribution in [-0.4, -0.2) is 19.9 Å². The highest BCUT2D eigenvalue weighted by atomic mass is 15.0. The fraction of sp³-hybridized carbons (Fsp3) is 0. The Labute approximate surface area is 311 Å². The lowest BCUT2D eigenvalue weighted by Crippen LogP contribution is -2.02. The first-order chi connectivity index (χ1) is 26.7. The summed E-state index contributed by atoms with van der Waals surface area (Å²) >= 11 is 0. The molecule has 0 aliphatic rings. The van der Waals surface area contributed by atoms with Gasteiger partial charge in [-0.1, -0.05) is 158 Å². The smallest absolute Gasteiger partial charge is 0.183 e. The van der Waals surface area contributed by atoms with Gasteiger partial charge >= 0.3 is 0 Å². The third-order valence-corrected chi connectivity index (χ3v) is 10.7. The van der Waals surface area contributed by atoms with Gasteiger partial charge in [-0.15, -0.1) is 0 Å². The summed E-state index contributed by atoms with van der Waals surface area (Å²) < 4.78 is 0. The minimum atomic E-state index is 0.547. The maximum atomic E-state index is 5.15. The lowest BCUT2D eigenvalue weighted by molar-refractivity contribution is 1.07. The lowest BCUT2D eigenvalue weighted by atomic mass is 9.91. The van der Waals surface area contributed by atoms with Gasteiger partial charge in [0, 0.05) is 21.9 Å². The van der Waals surface area contributed by atoms with Crippen LogP contribution in [-0.2, 0) is 0 Å². The predicted molar refractivity (Wildman–Crippen MR) is 224 cm³/mol. The molecule has 9 aromatic carbocycles. The Morgan fingerprint density at radius 3 is 1.41 bits per heavy atom. The summed E-state index contributed by atoms with van der Waals surface area (Å²) in [6.45, 7) is 0. The van der Waals surface area contributed by atoms with E-state index in [0.717, 1.165) is 54.8 Å². The van der Waals surface area contributed by atoms with Crippen LogP contribution in [0.15, 0.2) is 182 Å². The summed E-state index contributed by atoms with van der Waals surface area (Å²) in [7, 11) is 0. The second-order valence-corrected chi connectivity index (χ2v) is 13.8.